The third kappa shape index (κ3) is 1.68. The second kappa shape index (κ2) is 3.34. The lowest BCUT2D eigenvalue weighted by Gasteiger charge is -1.98. The van der Waals surface area contributed by atoms with Crippen molar-refractivity contribution < 1.29 is 14.8 Å². The molecule has 0 aliphatic heterocycles. The highest BCUT2D eigenvalue weighted by atomic mass is 16.6. The highest BCUT2D eigenvalue weighted by Crippen LogP contribution is 2.29. The molecule has 0 heterocycles. The molecule has 1 atom stereocenters. The molecule has 5 heteroatoms. The molecule has 1 N–H and O–H groups in total. The smallest absolute Gasteiger partial charge is 0.307 e. The van der Waals surface area contributed by atoms with E-state index in [-0.39, 0.29) is 5.69 Å². The minimum absolute atomic E-state index is 0.0276. The molecule has 2 rings (SSSR count). The van der Waals surface area contributed by atoms with E-state index in [0.717, 1.165) is 11.1 Å². The van der Waals surface area contributed by atoms with Gasteiger partial charge in [-0.3, -0.25) is 14.9 Å². The first kappa shape index (κ1) is 9.64. The maximum absolute atomic E-state index is 10.8. The minimum Gasteiger partial charge on any atom is -0.481 e. The van der Waals surface area contributed by atoms with Gasteiger partial charge < -0.3 is 5.11 Å². The summed E-state index contributed by atoms with van der Waals surface area (Å²) in [5.41, 5.74) is 1.73. The predicted molar refractivity (Wildman–Crippen MR) is 51.6 cm³/mol. The third-order valence-electron chi connectivity index (χ3n) is 2.68. The molecule has 1 aromatic rings. The molecule has 0 saturated carbocycles. The monoisotopic (exact) mass is 207 g/mol. The highest BCUT2D eigenvalue weighted by Gasteiger charge is 2.28. The number of carboxylic acids is 1. The molecule has 0 spiro atoms. The molecule has 1 aromatic carbocycles. The van der Waals surface area contributed by atoms with Crippen LogP contribution in [0.25, 0.3) is 0 Å². The zero-order valence-corrected chi connectivity index (χ0v) is 7.84. The first-order valence-electron chi connectivity index (χ1n) is 4.57. The molecule has 0 amide bonds. The first-order valence-corrected chi connectivity index (χ1v) is 4.57. The number of fused-ring (bicyclic) bond motifs is 1. The maximum Gasteiger partial charge on any atom is 0.307 e. The molecular weight excluding hydrogens is 198 g/mol. The average molecular weight is 207 g/mol. The van der Waals surface area contributed by atoms with Gasteiger partial charge in [-0.1, -0.05) is 6.07 Å². The van der Waals surface area contributed by atoms with E-state index in [0.29, 0.717) is 12.8 Å². The van der Waals surface area contributed by atoms with Crippen LogP contribution in [0.3, 0.4) is 0 Å². The molecule has 5 nitrogen and oxygen atoms in total. The van der Waals surface area contributed by atoms with Gasteiger partial charge in [0.25, 0.3) is 5.69 Å². The van der Waals surface area contributed by atoms with Crippen LogP contribution < -0.4 is 0 Å². The molecule has 0 aromatic heterocycles. The van der Waals surface area contributed by atoms with Gasteiger partial charge in [0.1, 0.15) is 0 Å². The Balaban J connectivity index is 2.31. The molecule has 0 radical (unpaired) electrons. The Morgan fingerprint density at radius 2 is 2.07 bits per heavy atom. The number of nitrogens with zero attached hydrogens (tertiary/aromatic N) is 1. The van der Waals surface area contributed by atoms with Crippen molar-refractivity contribution in [3.63, 3.8) is 0 Å². The fraction of sp³-hybridized carbons (Fsp3) is 0.300. The Hall–Kier alpha value is -1.91. The standard InChI is InChI=1S/C10H9NO4/c12-10(13)8-3-6-1-2-9(11(14)15)5-7(6)4-8/h1-2,5,8H,3-4H2,(H,12,13). The van der Waals surface area contributed by atoms with Gasteiger partial charge in [-0.25, -0.2) is 0 Å². The number of non-ortho nitro benzene ring substituents is 1. The van der Waals surface area contributed by atoms with Crippen molar-refractivity contribution in [1.82, 2.24) is 0 Å². The molecule has 0 bridgehead atoms. The predicted octanol–water partition coefficient (Wildman–Crippen LogP) is 1.39. The average Bonchev–Trinajstić information content (AvgIpc) is 2.59. The van der Waals surface area contributed by atoms with Crippen LogP contribution in [0, 0.1) is 16.0 Å². The van der Waals surface area contributed by atoms with Crippen molar-refractivity contribution in [2.75, 3.05) is 0 Å². The first-order chi connectivity index (χ1) is 7.08. The number of aliphatic carboxylic acids is 1. The number of hydrogen-bond donors (Lipinski definition) is 1. The molecule has 15 heavy (non-hydrogen) atoms. The summed E-state index contributed by atoms with van der Waals surface area (Å²) in [7, 11) is 0. The van der Waals surface area contributed by atoms with Gasteiger partial charge >= 0.3 is 5.97 Å². The topological polar surface area (TPSA) is 80.4 Å². The molecular formula is C10H9NO4. The van der Waals surface area contributed by atoms with Crippen molar-refractivity contribution in [3.8, 4) is 0 Å². The Kier molecular flexibility index (Phi) is 2.15. The van der Waals surface area contributed by atoms with E-state index >= 15 is 0 Å². The molecule has 1 unspecified atom stereocenters. The van der Waals surface area contributed by atoms with E-state index in [1.54, 1.807) is 6.07 Å². The number of benzene rings is 1. The van der Waals surface area contributed by atoms with Crippen molar-refractivity contribution in [1.29, 1.82) is 0 Å². The number of carboxylic acid groups (broad SMARTS) is 1. The maximum atomic E-state index is 10.8. The summed E-state index contributed by atoms with van der Waals surface area (Å²) in [5, 5.41) is 19.3. The van der Waals surface area contributed by atoms with Crippen LogP contribution in [0.4, 0.5) is 5.69 Å². The lowest BCUT2D eigenvalue weighted by molar-refractivity contribution is -0.384. The Morgan fingerprint density at radius 1 is 1.40 bits per heavy atom. The van der Waals surface area contributed by atoms with E-state index in [1.165, 1.54) is 12.1 Å². The van der Waals surface area contributed by atoms with E-state index in [4.69, 9.17) is 5.11 Å². The summed E-state index contributed by atoms with van der Waals surface area (Å²) >= 11 is 0. The summed E-state index contributed by atoms with van der Waals surface area (Å²) in [4.78, 5) is 20.8. The van der Waals surface area contributed by atoms with Crippen LogP contribution in [-0.2, 0) is 17.6 Å². The van der Waals surface area contributed by atoms with Crippen LogP contribution in [-0.4, -0.2) is 16.0 Å². The molecule has 0 saturated heterocycles. The van der Waals surface area contributed by atoms with E-state index in [1.807, 2.05) is 0 Å². The fourth-order valence-electron chi connectivity index (χ4n) is 1.89. The van der Waals surface area contributed by atoms with Gasteiger partial charge in [-0.2, -0.15) is 0 Å². The van der Waals surface area contributed by atoms with Crippen LogP contribution in [0.2, 0.25) is 0 Å². The Labute approximate surface area is 85.5 Å². The van der Waals surface area contributed by atoms with Crippen LogP contribution >= 0.6 is 0 Å². The third-order valence-corrected chi connectivity index (χ3v) is 2.68. The molecule has 1 aliphatic rings. The van der Waals surface area contributed by atoms with Gasteiger partial charge in [-0.05, 0) is 24.0 Å². The van der Waals surface area contributed by atoms with Gasteiger partial charge in [0.15, 0.2) is 0 Å². The summed E-state index contributed by atoms with van der Waals surface area (Å²) in [6.07, 6.45) is 0.870. The summed E-state index contributed by atoms with van der Waals surface area (Å²) in [6.45, 7) is 0. The van der Waals surface area contributed by atoms with E-state index < -0.39 is 16.8 Å². The van der Waals surface area contributed by atoms with Gasteiger partial charge in [0.2, 0.25) is 0 Å². The van der Waals surface area contributed by atoms with Gasteiger partial charge in [0, 0.05) is 12.1 Å². The summed E-state index contributed by atoms with van der Waals surface area (Å²) in [6, 6.07) is 4.54. The van der Waals surface area contributed by atoms with Crippen molar-refractivity contribution >= 4 is 11.7 Å². The molecule has 0 fully saturated rings. The lowest BCUT2D eigenvalue weighted by atomic mass is 10.1. The van der Waals surface area contributed by atoms with E-state index in [9.17, 15) is 14.9 Å². The Morgan fingerprint density at radius 3 is 2.67 bits per heavy atom. The number of carbonyl (C=O) groups is 1. The van der Waals surface area contributed by atoms with Crippen molar-refractivity contribution in [3.05, 3.63) is 39.4 Å². The number of hydrogen-bond acceptors (Lipinski definition) is 3. The lowest BCUT2D eigenvalue weighted by Crippen LogP contribution is -2.12. The highest BCUT2D eigenvalue weighted by molar-refractivity contribution is 5.72. The van der Waals surface area contributed by atoms with Gasteiger partial charge in [-0.15, -0.1) is 0 Å². The SMILES string of the molecule is O=C(O)C1Cc2ccc([N+](=O)[O-])cc2C1. The molecule has 1 aliphatic carbocycles. The van der Waals surface area contributed by atoms with Crippen molar-refractivity contribution in [2.45, 2.75) is 12.8 Å². The normalized spacial score (nSPS) is 18.5. The molecule has 78 valence electrons. The zero-order valence-electron chi connectivity index (χ0n) is 7.84. The number of rotatable bonds is 2. The second-order valence-corrected chi connectivity index (χ2v) is 3.65. The Bertz CT molecular complexity index is 441. The van der Waals surface area contributed by atoms with Gasteiger partial charge in [0.05, 0.1) is 10.8 Å². The summed E-state index contributed by atoms with van der Waals surface area (Å²) in [5.74, 6) is -1.27. The summed E-state index contributed by atoms with van der Waals surface area (Å²) < 4.78 is 0. The zero-order chi connectivity index (χ0) is 11.0. The minimum atomic E-state index is -0.839. The van der Waals surface area contributed by atoms with Crippen molar-refractivity contribution in [2.24, 2.45) is 5.92 Å². The van der Waals surface area contributed by atoms with Crippen LogP contribution in [0.15, 0.2) is 18.2 Å². The number of nitro benzene ring substituents is 1. The largest absolute Gasteiger partial charge is 0.481 e. The second-order valence-electron chi connectivity index (χ2n) is 3.65. The van der Waals surface area contributed by atoms with E-state index in [2.05, 4.69) is 0 Å². The fourth-order valence-corrected chi connectivity index (χ4v) is 1.89. The quantitative estimate of drug-likeness (QED) is 0.587. The van der Waals surface area contributed by atoms with Crippen LogP contribution in [0.1, 0.15) is 11.1 Å². The van der Waals surface area contributed by atoms with Crippen LogP contribution in [0.5, 0.6) is 0 Å². The number of nitro groups is 1.